The van der Waals surface area contributed by atoms with E-state index in [1.54, 1.807) is 23.1 Å². The number of carbonyl (C=O) groups is 2. The first-order valence-corrected chi connectivity index (χ1v) is 8.03. The molecule has 2 aromatic carbocycles. The smallest absolute Gasteiger partial charge is 0.227 e. The molecule has 0 aromatic heterocycles. The first kappa shape index (κ1) is 16.2. The Hall–Kier alpha value is -2.69. The molecule has 4 nitrogen and oxygen atoms in total. The van der Waals surface area contributed by atoms with Crippen LogP contribution in [0.5, 0.6) is 0 Å². The fourth-order valence-corrected chi connectivity index (χ4v) is 2.80. The van der Waals surface area contributed by atoms with Gasteiger partial charge in [0.15, 0.2) is 0 Å². The zero-order valence-electron chi connectivity index (χ0n) is 13.3. The van der Waals surface area contributed by atoms with Crippen molar-refractivity contribution >= 4 is 17.5 Å². The van der Waals surface area contributed by atoms with Gasteiger partial charge in [0.25, 0.3) is 0 Å². The van der Waals surface area contributed by atoms with Crippen LogP contribution < -0.4 is 10.2 Å². The Bertz CT molecular complexity index is 743. The van der Waals surface area contributed by atoms with Gasteiger partial charge in [0.1, 0.15) is 5.82 Å². The number of nitrogens with one attached hydrogen (secondary N) is 1. The maximum Gasteiger partial charge on any atom is 0.227 e. The molecule has 1 heterocycles. The lowest BCUT2D eigenvalue weighted by Gasteiger charge is -2.15. The summed E-state index contributed by atoms with van der Waals surface area (Å²) in [4.78, 5) is 25.5. The third kappa shape index (κ3) is 3.79. The molecular weight excluding hydrogens is 307 g/mol. The van der Waals surface area contributed by atoms with Gasteiger partial charge < -0.3 is 10.2 Å². The molecular formula is C19H19FN2O2. The summed E-state index contributed by atoms with van der Waals surface area (Å²) >= 11 is 0. The maximum absolute atomic E-state index is 13.5. The number of hydrogen-bond donors (Lipinski definition) is 1. The van der Waals surface area contributed by atoms with Gasteiger partial charge in [0.2, 0.25) is 11.8 Å². The molecule has 0 saturated carbocycles. The van der Waals surface area contributed by atoms with Crippen LogP contribution in [-0.2, 0) is 22.6 Å². The highest BCUT2D eigenvalue weighted by molar-refractivity contribution is 5.95. The van der Waals surface area contributed by atoms with Crippen molar-refractivity contribution < 1.29 is 14.0 Å². The number of rotatable bonds is 5. The molecule has 1 fully saturated rings. The van der Waals surface area contributed by atoms with Crippen molar-refractivity contribution in [2.24, 2.45) is 0 Å². The molecule has 0 atom stereocenters. The molecule has 0 unspecified atom stereocenters. The summed E-state index contributed by atoms with van der Waals surface area (Å²) in [7, 11) is 0. The molecule has 1 N–H and O–H groups in total. The third-order valence-corrected chi connectivity index (χ3v) is 4.12. The Labute approximate surface area is 140 Å². The standard InChI is InChI=1S/C19H19FN2O2/c20-17-5-2-1-4-15(17)13-21-18(23)12-14-7-9-16(10-8-14)22-11-3-6-19(22)24/h1-2,4-5,7-10H,3,6,11-13H2,(H,21,23). The topological polar surface area (TPSA) is 49.4 Å². The van der Waals surface area contributed by atoms with E-state index in [1.807, 2.05) is 24.3 Å². The van der Waals surface area contributed by atoms with Crippen molar-refractivity contribution in [3.8, 4) is 0 Å². The molecule has 5 heteroatoms. The van der Waals surface area contributed by atoms with Gasteiger partial charge in [0, 0.05) is 30.8 Å². The van der Waals surface area contributed by atoms with E-state index in [2.05, 4.69) is 5.32 Å². The zero-order valence-corrected chi connectivity index (χ0v) is 13.3. The second kappa shape index (κ2) is 7.25. The van der Waals surface area contributed by atoms with Gasteiger partial charge >= 0.3 is 0 Å². The summed E-state index contributed by atoms with van der Waals surface area (Å²) < 4.78 is 13.5. The van der Waals surface area contributed by atoms with Crippen molar-refractivity contribution in [1.82, 2.24) is 5.32 Å². The average Bonchev–Trinajstić information content (AvgIpc) is 3.01. The van der Waals surface area contributed by atoms with Crippen molar-refractivity contribution in [2.75, 3.05) is 11.4 Å². The van der Waals surface area contributed by atoms with Gasteiger partial charge in [-0.25, -0.2) is 4.39 Å². The van der Waals surface area contributed by atoms with E-state index in [0.717, 1.165) is 24.2 Å². The fraction of sp³-hybridized carbons (Fsp3) is 0.263. The van der Waals surface area contributed by atoms with Gasteiger partial charge in [-0.3, -0.25) is 9.59 Å². The number of anilines is 1. The Balaban J connectivity index is 1.55. The molecule has 1 aliphatic rings. The molecule has 2 amide bonds. The first-order valence-electron chi connectivity index (χ1n) is 8.03. The largest absolute Gasteiger partial charge is 0.352 e. The molecule has 1 saturated heterocycles. The highest BCUT2D eigenvalue weighted by Crippen LogP contribution is 2.21. The van der Waals surface area contributed by atoms with E-state index in [1.165, 1.54) is 6.07 Å². The molecule has 1 aliphatic heterocycles. The van der Waals surface area contributed by atoms with Gasteiger partial charge in [-0.2, -0.15) is 0 Å². The van der Waals surface area contributed by atoms with E-state index in [9.17, 15) is 14.0 Å². The number of hydrogen-bond acceptors (Lipinski definition) is 2. The lowest BCUT2D eigenvalue weighted by Crippen LogP contribution is -2.25. The van der Waals surface area contributed by atoms with Crippen molar-refractivity contribution in [1.29, 1.82) is 0 Å². The minimum absolute atomic E-state index is 0.144. The monoisotopic (exact) mass is 326 g/mol. The van der Waals surface area contributed by atoms with Crippen LogP contribution in [0.4, 0.5) is 10.1 Å². The maximum atomic E-state index is 13.5. The molecule has 0 radical (unpaired) electrons. The summed E-state index contributed by atoms with van der Waals surface area (Å²) in [6.45, 7) is 0.924. The van der Waals surface area contributed by atoms with E-state index in [0.29, 0.717) is 12.0 Å². The van der Waals surface area contributed by atoms with Crippen molar-refractivity contribution in [3.05, 3.63) is 65.5 Å². The van der Waals surface area contributed by atoms with Crippen LogP contribution in [-0.4, -0.2) is 18.4 Å². The highest BCUT2D eigenvalue weighted by Gasteiger charge is 2.21. The Morgan fingerprint density at radius 3 is 2.54 bits per heavy atom. The van der Waals surface area contributed by atoms with Gasteiger partial charge in [-0.1, -0.05) is 30.3 Å². The van der Waals surface area contributed by atoms with Crippen LogP contribution >= 0.6 is 0 Å². The summed E-state index contributed by atoms with van der Waals surface area (Å²) in [6, 6.07) is 13.8. The van der Waals surface area contributed by atoms with Crippen molar-refractivity contribution in [2.45, 2.75) is 25.8 Å². The van der Waals surface area contributed by atoms with Crippen LogP contribution in [0.15, 0.2) is 48.5 Å². The number of carbonyl (C=O) groups excluding carboxylic acids is 2. The molecule has 0 aliphatic carbocycles. The quantitative estimate of drug-likeness (QED) is 0.918. The lowest BCUT2D eigenvalue weighted by atomic mass is 10.1. The molecule has 0 bridgehead atoms. The van der Waals surface area contributed by atoms with E-state index in [4.69, 9.17) is 0 Å². The Morgan fingerprint density at radius 1 is 1.12 bits per heavy atom. The number of amides is 2. The SMILES string of the molecule is O=C(Cc1ccc(N2CCCC2=O)cc1)NCc1ccccc1F. The third-order valence-electron chi connectivity index (χ3n) is 4.12. The van der Waals surface area contributed by atoms with Crippen LogP contribution in [0, 0.1) is 5.82 Å². The number of nitrogens with zero attached hydrogens (tertiary/aromatic N) is 1. The average molecular weight is 326 g/mol. The van der Waals surface area contributed by atoms with Gasteiger partial charge in [-0.15, -0.1) is 0 Å². The minimum Gasteiger partial charge on any atom is -0.352 e. The second-order valence-corrected chi connectivity index (χ2v) is 5.86. The van der Waals surface area contributed by atoms with Crippen LogP contribution in [0.25, 0.3) is 0 Å². The summed E-state index contributed by atoms with van der Waals surface area (Å²) in [5, 5.41) is 2.72. The molecule has 2 aromatic rings. The first-order chi connectivity index (χ1) is 11.6. The Kier molecular flexibility index (Phi) is 4.89. The summed E-state index contributed by atoms with van der Waals surface area (Å²) in [5.41, 5.74) is 2.19. The molecule has 124 valence electrons. The summed E-state index contributed by atoms with van der Waals surface area (Å²) in [5.74, 6) is -0.342. The Morgan fingerprint density at radius 2 is 1.88 bits per heavy atom. The lowest BCUT2D eigenvalue weighted by molar-refractivity contribution is -0.120. The van der Waals surface area contributed by atoms with Gasteiger partial charge in [-0.05, 0) is 30.2 Å². The normalized spacial score (nSPS) is 14.0. The van der Waals surface area contributed by atoms with Crippen LogP contribution in [0.3, 0.4) is 0 Å². The number of halogens is 1. The van der Waals surface area contributed by atoms with E-state index < -0.39 is 0 Å². The molecule has 0 spiro atoms. The van der Waals surface area contributed by atoms with Crippen LogP contribution in [0.1, 0.15) is 24.0 Å². The predicted molar refractivity (Wildman–Crippen MR) is 90.0 cm³/mol. The molecule has 24 heavy (non-hydrogen) atoms. The van der Waals surface area contributed by atoms with E-state index in [-0.39, 0.29) is 30.6 Å². The minimum atomic E-state index is -0.322. The van der Waals surface area contributed by atoms with E-state index >= 15 is 0 Å². The fourth-order valence-electron chi connectivity index (χ4n) is 2.80. The van der Waals surface area contributed by atoms with Crippen LogP contribution in [0.2, 0.25) is 0 Å². The zero-order chi connectivity index (χ0) is 16.9. The summed E-state index contributed by atoms with van der Waals surface area (Å²) in [6.07, 6.45) is 1.71. The van der Waals surface area contributed by atoms with Crippen molar-refractivity contribution in [3.63, 3.8) is 0 Å². The second-order valence-electron chi connectivity index (χ2n) is 5.86. The van der Waals surface area contributed by atoms with Gasteiger partial charge in [0.05, 0.1) is 6.42 Å². The number of benzene rings is 2. The molecule has 3 rings (SSSR count). The predicted octanol–water partition coefficient (Wildman–Crippen LogP) is 2.81. The highest BCUT2D eigenvalue weighted by atomic mass is 19.1.